The predicted octanol–water partition coefficient (Wildman–Crippen LogP) is 2.16. The van der Waals surface area contributed by atoms with Crippen molar-refractivity contribution in [1.82, 2.24) is 20.3 Å². The van der Waals surface area contributed by atoms with Crippen LogP contribution >= 0.6 is 11.3 Å². The highest BCUT2D eigenvalue weighted by atomic mass is 32.1. The van der Waals surface area contributed by atoms with E-state index in [0.29, 0.717) is 6.04 Å². The topological polar surface area (TPSA) is 42.7 Å². The third-order valence-electron chi connectivity index (χ3n) is 2.73. The molecule has 0 saturated carbocycles. The Hall–Kier alpha value is -1.20. The summed E-state index contributed by atoms with van der Waals surface area (Å²) in [7, 11) is 1.94. The van der Waals surface area contributed by atoms with Gasteiger partial charge >= 0.3 is 0 Å². The molecule has 2 rings (SSSR count). The van der Waals surface area contributed by atoms with Crippen LogP contribution < -0.4 is 5.32 Å². The van der Waals surface area contributed by atoms with E-state index in [1.807, 2.05) is 17.9 Å². The van der Waals surface area contributed by atoms with E-state index in [2.05, 4.69) is 40.1 Å². The number of hydrogen-bond donors (Lipinski definition) is 1. The lowest BCUT2D eigenvalue weighted by Gasteiger charge is -2.17. The van der Waals surface area contributed by atoms with Crippen LogP contribution in [-0.2, 0) is 13.5 Å². The van der Waals surface area contributed by atoms with Gasteiger partial charge in [0.15, 0.2) is 0 Å². The maximum Gasteiger partial charge on any atom is 0.0756 e. The van der Waals surface area contributed by atoms with Gasteiger partial charge in [0.1, 0.15) is 0 Å². The van der Waals surface area contributed by atoms with E-state index in [9.17, 15) is 0 Å². The van der Waals surface area contributed by atoms with Gasteiger partial charge in [-0.25, -0.2) is 0 Å². The average Bonchev–Trinajstić information content (AvgIpc) is 2.95. The van der Waals surface area contributed by atoms with E-state index in [1.165, 1.54) is 4.88 Å². The third-order valence-corrected chi connectivity index (χ3v) is 3.63. The first kappa shape index (κ1) is 12.3. The molecule has 0 amide bonds. The summed E-state index contributed by atoms with van der Waals surface area (Å²) in [6.45, 7) is 3.19. The quantitative estimate of drug-likeness (QED) is 0.854. The van der Waals surface area contributed by atoms with Crippen LogP contribution in [0.4, 0.5) is 0 Å². The summed E-state index contributed by atoms with van der Waals surface area (Å²) in [5, 5.41) is 13.6. The van der Waals surface area contributed by atoms with Gasteiger partial charge in [-0.15, -0.1) is 16.4 Å². The maximum atomic E-state index is 4.00. The summed E-state index contributed by atoms with van der Waals surface area (Å²) in [6.07, 6.45) is 3.98. The van der Waals surface area contributed by atoms with Gasteiger partial charge in [-0.05, 0) is 24.4 Å². The van der Waals surface area contributed by atoms with Crippen LogP contribution in [-0.4, -0.2) is 21.5 Å². The fraction of sp³-hybridized carbons (Fsp3) is 0.500. The van der Waals surface area contributed by atoms with Gasteiger partial charge in [0.05, 0.1) is 17.9 Å². The molecular formula is C12H18N4S. The molecule has 0 saturated heterocycles. The minimum absolute atomic E-state index is 0.300. The molecule has 4 nitrogen and oxygen atoms in total. The van der Waals surface area contributed by atoms with E-state index in [1.54, 1.807) is 11.3 Å². The van der Waals surface area contributed by atoms with E-state index in [4.69, 9.17) is 0 Å². The van der Waals surface area contributed by atoms with Gasteiger partial charge in [0.2, 0.25) is 0 Å². The molecule has 0 fully saturated rings. The van der Waals surface area contributed by atoms with Crippen molar-refractivity contribution in [2.45, 2.75) is 25.8 Å². The van der Waals surface area contributed by atoms with Crippen molar-refractivity contribution >= 4 is 11.3 Å². The van der Waals surface area contributed by atoms with Gasteiger partial charge in [-0.3, -0.25) is 4.68 Å². The average molecular weight is 250 g/mol. The van der Waals surface area contributed by atoms with Crippen molar-refractivity contribution in [3.05, 3.63) is 34.3 Å². The van der Waals surface area contributed by atoms with E-state index >= 15 is 0 Å². The number of hydrogen-bond acceptors (Lipinski definition) is 4. The number of thiophene rings is 1. The molecule has 0 aromatic carbocycles. The summed E-state index contributed by atoms with van der Waals surface area (Å²) in [5.74, 6) is 0. The van der Waals surface area contributed by atoms with E-state index in [-0.39, 0.29) is 0 Å². The van der Waals surface area contributed by atoms with Crippen molar-refractivity contribution in [2.24, 2.45) is 7.05 Å². The fourth-order valence-corrected chi connectivity index (χ4v) is 2.59. The number of aromatic nitrogens is 3. The molecule has 5 heteroatoms. The highest BCUT2D eigenvalue weighted by Gasteiger charge is 2.15. The van der Waals surface area contributed by atoms with Crippen molar-refractivity contribution in [3.8, 4) is 0 Å². The van der Waals surface area contributed by atoms with Crippen molar-refractivity contribution in [2.75, 3.05) is 6.54 Å². The molecule has 0 aliphatic carbocycles. The van der Waals surface area contributed by atoms with Crippen molar-refractivity contribution in [1.29, 1.82) is 0 Å². The Morgan fingerprint density at radius 2 is 2.41 bits per heavy atom. The Morgan fingerprint density at radius 1 is 1.53 bits per heavy atom. The van der Waals surface area contributed by atoms with E-state index < -0.39 is 0 Å². The summed E-state index contributed by atoms with van der Waals surface area (Å²) in [5.41, 5.74) is 1.15. The molecule has 92 valence electrons. The van der Waals surface area contributed by atoms with Gasteiger partial charge in [0, 0.05) is 18.3 Å². The standard InChI is InChI=1S/C12H18N4S/c1-3-6-13-11(8-10-5-4-7-17-10)12-9-14-15-16(12)2/h4-5,7,9,11,13H,3,6,8H2,1-2H3. The zero-order valence-electron chi connectivity index (χ0n) is 10.3. The molecule has 0 aliphatic rings. The van der Waals surface area contributed by atoms with Crippen molar-refractivity contribution < 1.29 is 0 Å². The van der Waals surface area contributed by atoms with Crippen LogP contribution in [0.25, 0.3) is 0 Å². The first-order valence-electron chi connectivity index (χ1n) is 5.91. The summed E-state index contributed by atoms with van der Waals surface area (Å²) >= 11 is 1.80. The SMILES string of the molecule is CCCNC(Cc1cccs1)c1cnnn1C. The zero-order chi connectivity index (χ0) is 12.1. The van der Waals surface area contributed by atoms with Crippen LogP contribution in [0.15, 0.2) is 23.7 Å². The van der Waals surface area contributed by atoms with Gasteiger partial charge in [-0.2, -0.15) is 0 Å². The number of nitrogens with zero attached hydrogens (tertiary/aromatic N) is 3. The molecule has 2 aromatic rings. The number of nitrogens with one attached hydrogen (secondary N) is 1. The molecule has 2 heterocycles. The Balaban J connectivity index is 2.11. The Kier molecular flexibility index (Phi) is 4.28. The second-order valence-corrected chi connectivity index (χ2v) is 5.10. The molecule has 2 aromatic heterocycles. The summed E-state index contributed by atoms with van der Waals surface area (Å²) in [6, 6.07) is 4.57. The smallest absolute Gasteiger partial charge is 0.0756 e. The first-order valence-corrected chi connectivity index (χ1v) is 6.79. The summed E-state index contributed by atoms with van der Waals surface area (Å²) in [4.78, 5) is 1.39. The molecule has 0 radical (unpaired) electrons. The number of aryl methyl sites for hydroxylation is 1. The van der Waals surface area contributed by atoms with Crippen LogP contribution in [0.5, 0.6) is 0 Å². The van der Waals surface area contributed by atoms with Crippen LogP contribution in [0.2, 0.25) is 0 Å². The largest absolute Gasteiger partial charge is 0.308 e. The van der Waals surface area contributed by atoms with Gasteiger partial charge < -0.3 is 5.32 Å². The lowest BCUT2D eigenvalue weighted by Crippen LogP contribution is -2.25. The molecule has 17 heavy (non-hydrogen) atoms. The highest BCUT2D eigenvalue weighted by molar-refractivity contribution is 7.09. The van der Waals surface area contributed by atoms with Crippen LogP contribution in [0.3, 0.4) is 0 Å². The highest BCUT2D eigenvalue weighted by Crippen LogP contribution is 2.20. The van der Waals surface area contributed by atoms with Crippen LogP contribution in [0.1, 0.15) is 30.0 Å². The molecule has 0 aliphatic heterocycles. The molecule has 1 N–H and O–H groups in total. The second kappa shape index (κ2) is 5.93. The Labute approximate surface area is 106 Å². The third kappa shape index (κ3) is 3.14. The van der Waals surface area contributed by atoms with Crippen molar-refractivity contribution in [3.63, 3.8) is 0 Å². The first-order chi connectivity index (χ1) is 8.31. The minimum atomic E-state index is 0.300. The molecular weight excluding hydrogens is 232 g/mol. The van der Waals surface area contributed by atoms with E-state index in [0.717, 1.165) is 25.1 Å². The molecule has 0 bridgehead atoms. The number of rotatable bonds is 6. The molecule has 0 spiro atoms. The molecule has 1 unspecified atom stereocenters. The normalized spacial score (nSPS) is 12.8. The monoisotopic (exact) mass is 250 g/mol. The maximum absolute atomic E-state index is 4.00. The fourth-order valence-electron chi connectivity index (χ4n) is 1.84. The zero-order valence-corrected chi connectivity index (χ0v) is 11.1. The Morgan fingerprint density at radius 3 is 3.00 bits per heavy atom. The lowest BCUT2D eigenvalue weighted by atomic mass is 10.1. The summed E-state index contributed by atoms with van der Waals surface area (Å²) < 4.78 is 1.85. The second-order valence-electron chi connectivity index (χ2n) is 4.07. The minimum Gasteiger partial charge on any atom is -0.308 e. The Bertz CT molecular complexity index is 435. The molecule has 1 atom stereocenters. The predicted molar refractivity (Wildman–Crippen MR) is 70.1 cm³/mol. The van der Waals surface area contributed by atoms with Gasteiger partial charge in [-0.1, -0.05) is 18.2 Å². The lowest BCUT2D eigenvalue weighted by molar-refractivity contribution is 0.494. The van der Waals surface area contributed by atoms with Crippen LogP contribution in [0, 0.1) is 0 Å². The van der Waals surface area contributed by atoms with Gasteiger partial charge in [0.25, 0.3) is 0 Å².